The van der Waals surface area contributed by atoms with Gasteiger partial charge >= 0.3 is 0 Å². The highest BCUT2D eigenvalue weighted by Crippen LogP contribution is 2.24. The molecule has 2 aromatic heterocycles. The van der Waals surface area contributed by atoms with Gasteiger partial charge in [0.15, 0.2) is 0 Å². The second-order valence-electron chi connectivity index (χ2n) is 5.26. The summed E-state index contributed by atoms with van der Waals surface area (Å²) in [5.74, 6) is 1.00. The lowest BCUT2D eigenvalue weighted by atomic mass is 10.1. The Morgan fingerprint density at radius 3 is 2.68 bits per heavy atom. The summed E-state index contributed by atoms with van der Waals surface area (Å²) in [7, 11) is 0. The Morgan fingerprint density at radius 2 is 2.00 bits per heavy atom. The minimum Gasteiger partial charge on any atom is -0.349 e. The van der Waals surface area contributed by atoms with Gasteiger partial charge in [-0.15, -0.1) is 0 Å². The Labute approximate surface area is 131 Å². The molecule has 1 fully saturated rings. The minimum absolute atomic E-state index is 0.0267. The Balaban J connectivity index is 1.54. The van der Waals surface area contributed by atoms with Crippen LogP contribution in [-0.4, -0.2) is 22.1 Å². The fraction of sp³-hybridized carbons (Fsp3) is 0.188. The van der Waals surface area contributed by atoms with Crippen LogP contribution in [0, 0.1) is 0 Å². The SMILES string of the molecule is O=C(NC1CC1)c1ccc(-c2noc(-c3ccsc3)n2)cc1. The molecular weight excluding hydrogens is 298 g/mol. The standard InChI is InChI=1S/C16H13N3O2S/c20-15(17-13-5-6-13)11-3-1-10(2-4-11)14-18-16(21-19-14)12-7-8-22-9-12/h1-4,7-9,13H,5-6H2,(H,17,20). The zero-order chi connectivity index (χ0) is 14.9. The molecule has 22 heavy (non-hydrogen) atoms. The fourth-order valence-electron chi connectivity index (χ4n) is 2.11. The summed E-state index contributed by atoms with van der Waals surface area (Å²) < 4.78 is 5.27. The van der Waals surface area contributed by atoms with Crippen LogP contribution in [0.5, 0.6) is 0 Å². The van der Waals surface area contributed by atoms with Crippen LogP contribution < -0.4 is 5.32 Å². The lowest BCUT2D eigenvalue weighted by Gasteiger charge is -2.03. The summed E-state index contributed by atoms with van der Waals surface area (Å²) in [6.07, 6.45) is 2.16. The molecule has 110 valence electrons. The van der Waals surface area contributed by atoms with E-state index in [9.17, 15) is 4.79 Å². The van der Waals surface area contributed by atoms with Gasteiger partial charge in [0.2, 0.25) is 5.82 Å². The Hall–Kier alpha value is -2.47. The quantitative estimate of drug-likeness (QED) is 0.802. The molecule has 1 aliphatic carbocycles. The van der Waals surface area contributed by atoms with Gasteiger partial charge in [0.05, 0.1) is 5.56 Å². The monoisotopic (exact) mass is 311 g/mol. The fourth-order valence-corrected chi connectivity index (χ4v) is 2.74. The molecule has 4 rings (SSSR count). The normalized spacial score (nSPS) is 14.0. The first-order valence-electron chi connectivity index (χ1n) is 7.07. The van der Waals surface area contributed by atoms with Crippen LogP contribution in [-0.2, 0) is 0 Å². The van der Waals surface area contributed by atoms with Crippen molar-refractivity contribution in [3.63, 3.8) is 0 Å². The maximum Gasteiger partial charge on any atom is 0.259 e. The van der Waals surface area contributed by atoms with Crippen molar-refractivity contribution in [3.05, 3.63) is 46.7 Å². The van der Waals surface area contributed by atoms with Crippen molar-refractivity contribution in [1.82, 2.24) is 15.5 Å². The Bertz CT molecular complexity index is 789. The Kier molecular flexibility index (Phi) is 3.23. The average Bonchev–Trinajstić information content (AvgIpc) is 3.05. The van der Waals surface area contributed by atoms with Gasteiger partial charge in [-0.1, -0.05) is 17.3 Å². The summed E-state index contributed by atoms with van der Waals surface area (Å²) in [6, 6.07) is 9.54. The van der Waals surface area contributed by atoms with E-state index < -0.39 is 0 Å². The number of nitrogens with zero attached hydrogens (tertiary/aromatic N) is 2. The molecule has 0 aliphatic heterocycles. The van der Waals surface area contributed by atoms with Crippen LogP contribution in [0.1, 0.15) is 23.2 Å². The van der Waals surface area contributed by atoms with E-state index in [4.69, 9.17) is 4.52 Å². The highest BCUT2D eigenvalue weighted by atomic mass is 32.1. The number of nitrogens with one attached hydrogen (secondary N) is 1. The van der Waals surface area contributed by atoms with Crippen molar-refractivity contribution in [2.75, 3.05) is 0 Å². The largest absolute Gasteiger partial charge is 0.349 e. The van der Waals surface area contributed by atoms with Crippen molar-refractivity contribution < 1.29 is 9.32 Å². The summed E-state index contributed by atoms with van der Waals surface area (Å²) in [5.41, 5.74) is 2.40. The third-order valence-corrected chi connectivity index (χ3v) is 4.20. The van der Waals surface area contributed by atoms with Crippen molar-refractivity contribution >= 4 is 17.2 Å². The Morgan fingerprint density at radius 1 is 1.18 bits per heavy atom. The number of rotatable bonds is 4. The van der Waals surface area contributed by atoms with E-state index in [-0.39, 0.29) is 5.91 Å². The summed E-state index contributed by atoms with van der Waals surface area (Å²) in [4.78, 5) is 16.3. The van der Waals surface area contributed by atoms with E-state index in [0.29, 0.717) is 23.3 Å². The summed E-state index contributed by atoms with van der Waals surface area (Å²) >= 11 is 1.58. The third-order valence-electron chi connectivity index (χ3n) is 3.51. The average molecular weight is 311 g/mol. The first kappa shape index (κ1) is 13.2. The van der Waals surface area contributed by atoms with Gasteiger partial charge in [-0.2, -0.15) is 16.3 Å². The van der Waals surface area contributed by atoms with E-state index in [0.717, 1.165) is 24.0 Å². The molecule has 1 amide bonds. The molecule has 0 saturated heterocycles. The molecule has 1 saturated carbocycles. The van der Waals surface area contributed by atoms with E-state index >= 15 is 0 Å². The van der Waals surface area contributed by atoms with Crippen LogP contribution in [0.3, 0.4) is 0 Å². The first-order valence-corrected chi connectivity index (χ1v) is 8.01. The number of carbonyl (C=O) groups excluding carboxylic acids is 1. The van der Waals surface area contributed by atoms with Crippen molar-refractivity contribution in [2.24, 2.45) is 0 Å². The highest BCUT2D eigenvalue weighted by molar-refractivity contribution is 7.08. The van der Waals surface area contributed by atoms with Gasteiger partial charge < -0.3 is 9.84 Å². The molecule has 0 spiro atoms. The molecule has 5 nitrogen and oxygen atoms in total. The maximum atomic E-state index is 11.9. The van der Waals surface area contributed by atoms with E-state index in [1.807, 2.05) is 29.0 Å². The molecule has 0 unspecified atom stereocenters. The molecule has 6 heteroatoms. The van der Waals surface area contributed by atoms with Crippen molar-refractivity contribution in [3.8, 4) is 22.8 Å². The number of aromatic nitrogens is 2. The van der Waals surface area contributed by atoms with E-state index in [1.54, 1.807) is 23.5 Å². The van der Waals surface area contributed by atoms with Gasteiger partial charge in [0.25, 0.3) is 11.8 Å². The second kappa shape index (κ2) is 5.38. The maximum absolute atomic E-state index is 11.9. The van der Waals surface area contributed by atoms with Crippen LogP contribution in [0.2, 0.25) is 0 Å². The molecular formula is C16H13N3O2S. The second-order valence-corrected chi connectivity index (χ2v) is 6.04. The van der Waals surface area contributed by atoms with Gasteiger partial charge in [-0.05, 0) is 36.4 Å². The molecule has 0 bridgehead atoms. The van der Waals surface area contributed by atoms with Gasteiger partial charge in [-0.25, -0.2) is 0 Å². The lowest BCUT2D eigenvalue weighted by molar-refractivity contribution is 0.0951. The number of amides is 1. The number of carbonyl (C=O) groups is 1. The number of hydrogen-bond acceptors (Lipinski definition) is 5. The van der Waals surface area contributed by atoms with E-state index in [1.165, 1.54) is 0 Å². The lowest BCUT2D eigenvalue weighted by Crippen LogP contribution is -2.25. The number of hydrogen-bond donors (Lipinski definition) is 1. The summed E-state index contributed by atoms with van der Waals surface area (Å²) in [5, 5.41) is 10.9. The smallest absolute Gasteiger partial charge is 0.259 e. The predicted molar refractivity (Wildman–Crippen MR) is 83.5 cm³/mol. The van der Waals surface area contributed by atoms with Crippen LogP contribution in [0.4, 0.5) is 0 Å². The molecule has 0 atom stereocenters. The zero-order valence-corrected chi connectivity index (χ0v) is 12.5. The molecule has 0 radical (unpaired) electrons. The molecule has 2 heterocycles. The van der Waals surface area contributed by atoms with Gasteiger partial charge in [0, 0.05) is 22.5 Å². The van der Waals surface area contributed by atoms with Gasteiger partial charge in [-0.3, -0.25) is 4.79 Å². The predicted octanol–water partition coefficient (Wildman–Crippen LogP) is 3.36. The first-order chi connectivity index (χ1) is 10.8. The third kappa shape index (κ3) is 2.65. The van der Waals surface area contributed by atoms with E-state index in [2.05, 4.69) is 15.5 Å². The van der Waals surface area contributed by atoms with Crippen LogP contribution >= 0.6 is 11.3 Å². The molecule has 1 N–H and O–H groups in total. The summed E-state index contributed by atoms with van der Waals surface area (Å²) in [6.45, 7) is 0. The molecule has 1 aliphatic rings. The topological polar surface area (TPSA) is 68.0 Å². The molecule has 1 aromatic carbocycles. The van der Waals surface area contributed by atoms with Crippen LogP contribution in [0.25, 0.3) is 22.8 Å². The number of thiophene rings is 1. The van der Waals surface area contributed by atoms with Crippen LogP contribution in [0.15, 0.2) is 45.6 Å². The number of benzene rings is 1. The highest BCUT2D eigenvalue weighted by Gasteiger charge is 2.23. The van der Waals surface area contributed by atoms with Gasteiger partial charge in [0.1, 0.15) is 0 Å². The zero-order valence-electron chi connectivity index (χ0n) is 11.7. The van der Waals surface area contributed by atoms with Crippen molar-refractivity contribution in [1.29, 1.82) is 0 Å². The van der Waals surface area contributed by atoms with Crippen molar-refractivity contribution in [2.45, 2.75) is 18.9 Å². The molecule has 3 aromatic rings. The minimum atomic E-state index is -0.0267.